The van der Waals surface area contributed by atoms with Crippen LogP contribution >= 0.6 is 0 Å². The molecule has 1 heterocycles. The van der Waals surface area contributed by atoms with Gasteiger partial charge in [0, 0.05) is 19.5 Å². The number of carbonyl (C=O) groups is 1. The van der Waals surface area contributed by atoms with Gasteiger partial charge in [-0.1, -0.05) is 13.8 Å². The molecule has 0 atom stereocenters. The average Bonchev–Trinajstić information content (AvgIpc) is 2.27. The lowest BCUT2D eigenvalue weighted by molar-refractivity contribution is -0.132. The standard InChI is InChI=1S/C13H25NO2/c1-11(2)5-6-12(15)13(3,4)14-7-9-16-10-8-14/h11H,5-10H2,1-4H3. The second kappa shape index (κ2) is 5.78. The molecule has 0 aromatic rings. The fraction of sp³-hybridized carbons (Fsp3) is 0.923. The summed E-state index contributed by atoms with van der Waals surface area (Å²) in [5, 5.41) is 0. The van der Waals surface area contributed by atoms with E-state index in [1.807, 2.05) is 13.8 Å². The van der Waals surface area contributed by atoms with Crippen molar-refractivity contribution < 1.29 is 9.53 Å². The number of nitrogens with zero attached hydrogens (tertiary/aromatic N) is 1. The quantitative estimate of drug-likeness (QED) is 0.720. The Kier molecular flexibility index (Phi) is 4.93. The Hall–Kier alpha value is -0.410. The molecule has 16 heavy (non-hydrogen) atoms. The molecule has 1 aliphatic rings. The molecule has 0 spiro atoms. The first-order valence-corrected chi connectivity index (χ1v) is 6.30. The molecule has 3 heteroatoms. The summed E-state index contributed by atoms with van der Waals surface area (Å²) < 4.78 is 5.32. The average molecular weight is 227 g/mol. The smallest absolute Gasteiger partial charge is 0.152 e. The number of ether oxygens (including phenoxy) is 1. The molecule has 1 saturated heterocycles. The van der Waals surface area contributed by atoms with Gasteiger partial charge in [-0.25, -0.2) is 0 Å². The van der Waals surface area contributed by atoms with Crippen molar-refractivity contribution >= 4 is 5.78 Å². The highest BCUT2D eigenvalue weighted by atomic mass is 16.5. The van der Waals surface area contributed by atoms with E-state index in [0.717, 1.165) is 32.7 Å². The van der Waals surface area contributed by atoms with Crippen LogP contribution in [-0.4, -0.2) is 42.5 Å². The predicted octanol–water partition coefficient (Wildman–Crippen LogP) is 2.10. The van der Waals surface area contributed by atoms with Gasteiger partial charge in [-0.3, -0.25) is 9.69 Å². The van der Waals surface area contributed by atoms with E-state index in [1.165, 1.54) is 0 Å². The first kappa shape index (κ1) is 13.7. The van der Waals surface area contributed by atoms with Crippen molar-refractivity contribution in [2.45, 2.75) is 46.1 Å². The van der Waals surface area contributed by atoms with Crippen LogP contribution in [0.15, 0.2) is 0 Å². The van der Waals surface area contributed by atoms with Crippen LogP contribution in [0.25, 0.3) is 0 Å². The van der Waals surface area contributed by atoms with Gasteiger partial charge in [-0.2, -0.15) is 0 Å². The van der Waals surface area contributed by atoms with Crippen LogP contribution in [0.4, 0.5) is 0 Å². The second-order valence-electron chi connectivity index (χ2n) is 5.51. The van der Waals surface area contributed by atoms with Crippen molar-refractivity contribution in [3.63, 3.8) is 0 Å². The zero-order valence-electron chi connectivity index (χ0n) is 11.1. The summed E-state index contributed by atoms with van der Waals surface area (Å²) in [6.45, 7) is 11.7. The molecule has 0 aromatic carbocycles. The Bertz CT molecular complexity index is 230. The molecule has 1 fully saturated rings. The molecule has 0 N–H and O–H groups in total. The second-order valence-corrected chi connectivity index (χ2v) is 5.51. The van der Waals surface area contributed by atoms with Gasteiger partial charge in [-0.15, -0.1) is 0 Å². The van der Waals surface area contributed by atoms with Crippen LogP contribution in [0.5, 0.6) is 0 Å². The van der Waals surface area contributed by atoms with Crippen molar-refractivity contribution in [3.8, 4) is 0 Å². The molecule has 0 bridgehead atoms. The van der Waals surface area contributed by atoms with Gasteiger partial charge in [0.15, 0.2) is 5.78 Å². The van der Waals surface area contributed by atoms with E-state index in [4.69, 9.17) is 4.74 Å². The molecular weight excluding hydrogens is 202 g/mol. The number of hydrogen-bond donors (Lipinski definition) is 0. The summed E-state index contributed by atoms with van der Waals surface area (Å²) >= 11 is 0. The summed E-state index contributed by atoms with van der Waals surface area (Å²) in [5.41, 5.74) is -0.321. The van der Waals surface area contributed by atoms with Crippen molar-refractivity contribution in [3.05, 3.63) is 0 Å². The van der Waals surface area contributed by atoms with E-state index in [-0.39, 0.29) is 5.54 Å². The van der Waals surface area contributed by atoms with Crippen LogP contribution in [0.1, 0.15) is 40.5 Å². The number of Topliss-reactive ketones (excluding diaryl/α,β-unsaturated/α-hetero) is 1. The largest absolute Gasteiger partial charge is 0.379 e. The van der Waals surface area contributed by atoms with Crippen molar-refractivity contribution in [2.75, 3.05) is 26.3 Å². The summed E-state index contributed by atoms with van der Waals surface area (Å²) in [6, 6.07) is 0. The third-order valence-electron chi connectivity index (χ3n) is 3.43. The monoisotopic (exact) mass is 227 g/mol. The topological polar surface area (TPSA) is 29.5 Å². The third-order valence-corrected chi connectivity index (χ3v) is 3.43. The summed E-state index contributed by atoms with van der Waals surface area (Å²) in [7, 11) is 0. The Morgan fingerprint density at radius 3 is 2.38 bits per heavy atom. The predicted molar refractivity (Wildman–Crippen MR) is 65.6 cm³/mol. The first-order valence-electron chi connectivity index (χ1n) is 6.30. The molecule has 0 saturated carbocycles. The van der Waals surface area contributed by atoms with Crippen molar-refractivity contribution in [1.29, 1.82) is 0 Å². The van der Waals surface area contributed by atoms with Crippen LogP contribution in [-0.2, 0) is 9.53 Å². The molecule has 0 amide bonds. The lowest BCUT2D eigenvalue weighted by Crippen LogP contribution is -2.54. The fourth-order valence-electron chi connectivity index (χ4n) is 2.02. The van der Waals surface area contributed by atoms with Gasteiger partial charge in [0.1, 0.15) is 0 Å². The van der Waals surface area contributed by atoms with Crippen molar-refractivity contribution in [2.24, 2.45) is 5.92 Å². The highest BCUT2D eigenvalue weighted by Crippen LogP contribution is 2.20. The van der Waals surface area contributed by atoms with Crippen LogP contribution < -0.4 is 0 Å². The van der Waals surface area contributed by atoms with E-state index in [1.54, 1.807) is 0 Å². The van der Waals surface area contributed by atoms with Gasteiger partial charge >= 0.3 is 0 Å². The van der Waals surface area contributed by atoms with E-state index in [2.05, 4.69) is 18.7 Å². The van der Waals surface area contributed by atoms with Crippen molar-refractivity contribution in [1.82, 2.24) is 4.90 Å². The Labute approximate surface area is 99.1 Å². The van der Waals surface area contributed by atoms with E-state index < -0.39 is 0 Å². The zero-order valence-corrected chi connectivity index (χ0v) is 11.1. The van der Waals surface area contributed by atoms with Crippen LogP contribution in [0, 0.1) is 5.92 Å². The molecule has 0 radical (unpaired) electrons. The number of carbonyl (C=O) groups excluding carboxylic acids is 1. The number of ketones is 1. The first-order chi connectivity index (χ1) is 7.44. The molecule has 1 rings (SSSR count). The van der Waals surface area contributed by atoms with E-state index in [9.17, 15) is 4.79 Å². The Balaban J connectivity index is 2.50. The summed E-state index contributed by atoms with van der Waals surface area (Å²) in [5.74, 6) is 0.965. The number of rotatable bonds is 5. The molecule has 0 unspecified atom stereocenters. The van der Waals surface area contributed by atoms with Gasteiger partial charge in [0.2, 0.25) is 0 Å². The van der Waals surface area contributed by atoms with Gasteiger partial charge < -0.3 is 4.74 Å². The molecular formula is C13H25NO2. The van der Waals surface area contributed by atoms with Gasteiger partial charge in [-0.05, 0) is 26.2 Å². The normalized spacial score (nSPS) is 19.1. The van der Waals surface area contributed by atoms with E-state index >= 15 is 0 Å². The molecule has 0 aliphatic carbocycles. The third kappa shape index (κ3) is 3.56. The SMILES string of the molecule is CC(C)CCC(=O)C(C)(C)N1CCOCC1. The highest BCUT2D eigenvalue weighted by Gasteiger charge is 2.34. The lowest BCUT2D eigenvalue weighted by atomic mass is 9.91. The van der Waals surface area contributed by atoms with Gasteiger partial charge in [0.25, 0.3) is 0 Å². The zero-order chi connectivity index (χ0) is 12.2. The number of hydrogen-bond acceptors (Lipinski definition) is 3. The molecule has 1 aliphatic heterocycles. The Morgan fingerprint density at radius 1 is 1.31 bits per heavy atom. The minimum atomic E-state index is -0.321. The summed E-state index contributed by atoms with van der Waals surface area (Å²) in [4.78, 5) is 14.4. The Morgan fingerprint density at radius 2 is 1.88 bits per heavy atom. The minimum Gasteiger partial charge on any atom is -0.379 e. The maximum atomic E-state index is 12.2. The maximum Gasteiger partial charge on any atom is 0.152 e. The van der Waals surface area contributed by atoms with Crippen LogP contribution in [0.2, 0.25) is 0 Å². The van der Waals surface area contributed by atoms with Gasteiger partial charge in [0.05, 0.1) is 18.8 Å². The fourth-order valence-corrected chi connectivity index (χ4v) is 2.02. The summed E-state index contributed by atoms with van der Waals surface area (Å²) in [6.07, 6.45) is 1.69. The number of morpholine rings is 1. The maximum absolute atomic E-state index is 12.2. The molecule has 94 valence electrons. The van der Waals surface area contributed by atoms with Crippen LogP contribution in [0.3, 0.4) is 0 Å². The lowest BCUT2D eigenvalue weighted by Gasteiger charge is -2.39. The molecule has 0 aromatic heterocycles. The molecule has 3 nitrogen and oxygen atoms in total. The minimum absolute atomic E-state index is 0.321. The van der Waals surface area contributed by atoms with E-state index in [0.29, 0.717) is 18.1 Å². The highest BCUT2D eigenvalue weighted by molar-refractivity contribution is 5.87.